The van der Waals surface area contributed by atoms with Gasteiger partial charge in [-0.3, -0.25) is 14.6 Å². The molecule has 0 spiro atoms. The van der Waals surface area contributed by atoms with Crippen molar-refractivity contribution < 1.29 is 36.3 Å². The Balaban J connectivity index is 1.70. The number of benzene rings is 1. The zero-order chi connectivity index (χ0) is 25.8. The van der Waals surface area contributed by atoms with Crippen molar-refractivity contribution in [1.29, 1.82) is 5.26 Å². The molecule has 3 rings (SSSR count). The molecule has 1 fully saturated rings. The Hall–Kier alpha value is -4.01. The smallest absolute Gasteiger partial charge is 0.406 e. The van der Waals surface area contributed by atoms with Crippen molar-refractivity contribution in [2.75, 3.05) is 13.1 Å². The number of carbonyl (C=O) groups is 2. The number of hydrogen-bond donors (Lipinski definition) is 1. The molecule has 2 heterocycles. The summed E-state index contributed by atoms with van der Waals surface area (Å²) in [7, 11) is 0. The largest absolute Gasteiger partial charge is 0.573 e. The highest BCUT2D eigenvalue weighted by Gasteiger charge is 2.47. The summed E-state index contributed by atoms with van der Waals surface area (Å²) in [6.07, 6.45) is -1.26. The Morgan fingerprint density at radius 3 is 2.60 bits per heavy atom. The molecule has 1 saturated heterocycles. The van der Waals surface area contributed by atoms with Gasteiger partial charge >= 0.3 is 6.36 Å². The van der Waals surface area contributed by atoms with Gasteiger partial charge in [-0.2, -0.15) is 5.26 Å². The second-order valence-corrected chi connectivity index (χ2v) is 7.77. The predicted octanol–water partition coefficient (Wildman–Crippen LogP) is 4.03. The SMILES string of the molecule is C/C(=C\c1cnccc1C(=O)NCC(=O)N1CC(F)(F)CC1C#N)c1ccc(OC(F)(F)F)cc1. The Kier molecular flexibility index (Phi) is 7.38. The molecule has 0 saturated carbocycles. The highest BCUT2D eigenvalue weighted by atomic mass is 19.4. The number of carbonyl (C=O) groups excluding carboxylic acids is 2. The number of rotatable bonds is 6. The first-order valence-electron chi connectivity index (χ1n) is 10.2. The maximum atomic E-state index is 13.6. The van der Waals surface area contributed by atoms with Crippen LogP contribution in [0.1, 0.15) is 34.8 Å². The van der Waals surface area contributed by atoms with Gasteiger partial charge in [-0.15, -0.1) is 13.2 Å². The predicted molar refractivity (Wildman–Crippen MR) is 114 cm³/mol. The van der Waals surface area contributed by atoms with Crippen molar-refractivity contribution in [3.8, 4) is 11.8 Å². The third kappa shape index (κ3) is 6.75. The van der Waals surface area contributed by atoms with Crippen molar-refractivity contribution in [3.05, 3.63) is 59.4 Å². The number of nitrogens with zero attached hydrogens (tertiary/aromatic N) is 3. The van der Waals surface area contributed by atoms with Crippen LogP contribution in [-0.4, -0.2) is 53.1 Å². The summed E-state index contributed by atoms with van der Waals surface area (Å²) in [6, 6.07) is 6.92. The first-order chi connectivity index (χ1) is 16.4. The van der Waals surface area contributed by atoms with Gasteiger partial charge in [0.15, 0.2) is 0 Å². The first kappa shape index (κ1) is 25.6. The Morgan fingerprint density at radius 1 is 1.29 bits per heavy atom. The lowest BCUT2D eigenvalue weighted by Gasteiger charge is -2.19. The molecule has 1 aromatic carbocycles. The van der Waals surface area contributed by atoms with Crippen LogP contribution in [0.2, 0.25) is 0 Å². The number of pyridine rings is 1. The van der Waals surface area contributed by atoms with Crippen LogP contribution in [0.25, 0.3) is 11.6 Å². The summed E-state index contributed by atoms with van der Waals surface area (Å²) in [5.41, 5.74) is 1.64. The van der Waals surface area contributed by atoms with Gasteiger partial charge in [0.05, 0.1) is 19.2 Å². The van der Waals surface area contributed by atoms with E-state index in [0.29, 0.717) is 16.7 Å². The molecule has 0 bridgehead atoms. The minimum Gasteiger partial charge on any atom is -0.406 e. The van der Waals surface area contributed by atoms with E-state index in [1.54, 1.807) is 19.1 Å². The molecule has 12 heteroatoms. The van der Waals surface area contributed by atoms with Crippen LogP contribution in [-0.2, 0) is 4.79 Å². The number of likely N-dealkylation sites (tertiary alicyclic amines) is 1. The van der Waals surface area contributed by atoms with E-state index in [0.717, 1.165) is 17.0 Å². The van der Waals surface area contributed by atoms with Crippen LogP contribution in [0.3, 0.4) is 0 Å². The van der Waals surface area contributed by atoms with E-state index in [9.17, 15) is 31.5 Å². The van der Waals surface area contributed by atoms with Crippen LogP contribution in [0, 0.1) is 11.3 Å². The zero-order valence-corrected chi connectivity index (χ0v) is 18.3. The monoisotopic (exact) mass is 494 g/mol. The number of alkyl halides is 5. The molecule has 1 aromatic heterocycles. The van der Waals surface area contributed by atoms with Gasteiger partial charge in [0.25, 0.3) is 11.8 Å². The molecule has 2 amide bonds. The van der Waals surface area contributed by atoms with Gasteiger partial charge in [-0.25, -0.2) is 8.78 Å². The fourth-order valence-corrected chi connectivity index (χ4v) is 3.51. The Labute approximate surface area is 196 Å². The van der Waals surface area contributed by atoms with Crippen LogP contribution in [0.15, 0.2) is 42.7 Å². The number of nitriles is 1. The minimum atomic E-state index is -4.81. The van der Waals surface area contributed by atoms with Crippen LogP contribution in [0.5, 0.6) is 5.75 Å². The average Bonchev–Trinajstić information content (AvgIpc) is 3.11. The number of nitrogens with one attached hydrogen (secondary N) is 1. The molecule has 2 aromatic rings. The van der Waals surface area contributed by atoms with Crippen molar-refractivity contribution in [3.63, 3.8) is 0 Å². The molecule has 1 unspecified atom stereocenters. The molecule has 7 nitrogen and oxygen atoms in total. The van der Waals surface area contributed by atoms with Crippen LogP contribution >= 0.6 is 0 Å². The molecule has 35 heavy (non-hydrogen) atoms. The second-order valence-electron chi connectivity index (χ2n) is 7.77. The topological polar surface area (TPSA) is 95.3 Å². The van der Waals surface area contributed by atoms with Crippen LogP contribution in [0.4, 0.5) is 22.0 Å². The molecular weight excluding hydrogens is 475 g/mol. The fraction of sp³-hybridized carbons (Fsp3) is 0.304. The number of hydrogen-bond acceptors (Lipinski definition) is 5. The van der Waals surface area contributed by atoms with Gasteiger partial charge in [0, 0.05) is 29.9 Å². The molecule has 184 valence electrons. The third-order valence-corrected chi connectivity index (χ3v) is 5.15. The van der Waals surface area contributed by atoms with Crippen molar-refractivity contribution in [2.45, 2.75) is 31.7 Å². The lowest BCUT2D eigenvalue weighted by Crippen LogP contribution is -2.43. The van der Waals surface area contributed by atoms with E-state index in [4.69, 9.17) is 5.26 Å². The van der Waals surface area contributed by atoms with E-state index in [1.165, 1.54) is 30.6 Å². The van der Waals surface area contributed by atoms with Crippen molar-refractivity contribution in [1.82, 2.24) is 15.2 Å². The maximum absolute atomic E-state index is 13.6. The first-order valence-corrected chi connectivity index (χ1v) is 10.2. The normalized spacial score (nSPS) is 17.6. The highest BCUT2D eigenvalue weighted by molar-refractivity contribution is 6.00. The Bertz CT molecular complexity index is 1170. The summed E-state index contributed by atoms with van der Waals surface area (Å²) in [5.74, 6) is -5.04. The van der Waals surface area contributed by atoms with Gasteiger partial charge < -0.3 is 15.0 Å². The molecule has 1 aliphatic rings. The van der Waals surface area contributed by atoms with E-state index < -0.39 is 49.7 Å². The highest BCUT2D eigenvalue weighted by Crippen LogP contribution is 2.31. The molecular formula is C23H19F5N4O3. The van der Waals surface area contributed by atoms with Gasteiger partial charge in [0.1, 0.15) is 11.8 Å². The molecule has 1 atom stereocenters. The number of aromatic nitrogens is 1. The number of allylic oxidation sites excluding steroid dienone is 1. The lowest BCUT2D eigenvalue weighted by molar-refractivity contribution is -0.274. The summed E-state index contributed by atoms with van der Waals surface area (Å²) in [5, 5.41) is 11.4. The van der Waals surface area contributed by atoms with Gasteiger partial charge in [-0.05, 0) is 42.3 Å². The van der Waals surface area contributed by atoms with Gasteiger partial charge in [0.2, 0.25) is 5.91 Å². The minimum absolute atomic E-state index is 0.132. The molecule has 0 radical (unpaired) electrons. The van der Waals surface area contributed by atoms with Crippen LogP contribution < -0.4 is 10.1 Å². The average molecular weight is 494 g/mol. The number of amides is 2. The number of halogens is 5. The molecule has 1 aliphatic heterocycles. The zero-order valence-electron chi connectivity index (χ0n) is 18.3. The lowest BCUT2D eigenvalue weighted by atomic mass is 10.0. The van der Waals surface area contributed by atoms with E-state index >= 15 is 0 Å². The second kappa shape index (κ2) is 10.1. The summed E-state index contributed by atoms with van der Waals surface area (Å²) >= 11 is 0. The quantitative estimate of drug-likeness (QED) is 0.612. The molecule has 1 N–H and O–H groups in total. The fourth-order valence-electron chi connectivity index (χ4n) is 3.51. The standard InChI is InChI=1S/C23H19F5N4O3/c1-14(15-2-4-18(5-3-15)35-23(26,27)28)8-16-11-30-7-6-19(16)21(34)31-12-20(33)32-13-22(24,25)9-17(32)10-29/h2-8,11,17H,9,12-13H2,1H3,(H,31,34)/b14-8+. The van der Waals surface area contributed by atoms with Crippen molar-refractivity contribution in [2.24, 2.45) is 0 Å². The third-order valence-electron chi connectivity index (χ3n) is 5.15. The number of ether oxygens (including phenoxy) is 1. The van der Waals surface area contributed by atoms with E-state index in [2.05, 4.69) is 15.0 Å². The van der Waals surface area contributed by atoms with Gasteiger partial charge in [-0.1, -0.05) is 12.1 Å². The van der Waals surface area contributed by atoms with E-state index in [-0.39, 0.29) is 11.3 Å². The van der Waals surface area contributed by atoms with Crippen molar-refractivity contribution >= 4 is 23.5 Å². The summed E-state index contributed by atoms with van der Waals surface area (Å²) < 4.78 is 68.0. The maximum Gasteiger partial charge on any atom is 0.573 e. The summed E-state index contributed by atoms with van der Waals surface area (Å²) in [6.45, 7) is 0.195. The Morgan fingerprint density at radius 2 is 1.97 bits per heavy atom. The van der Waals surface area contributed by atoms with E-state index in [1.807, 2.05) is 0 Å². The summed E-state index contributed by atoms with van der Waals surface area (Å²) in [4.78, 5) is 29.7. The molecule has 0 aliphatic carbocycles.